The minimum Gasteiger partial charge on any atom is -0.406 e. The number of piperazine rings is 1. The molecule has 9 heteroatoms. The first-order valence-corrected chi connectivity index (χ1v) is 7.40. The average molecular weight is 345 g/mol. The van der Waals surface area contributed by atoms with Crippen molar-refractivity contribution in [2.45, 2.75) is 6.36 Å². The van der Waals surface area contributed by atoms with Gasteiger partial charge in [0.2, 0.25) is 5.91 Å². The van der Waals surface area contributed by atoms with Gasteiger partial charge < -0.3 is 14.8 Å². The molecule has 0 aliphatic carbocycles. The largest absolute Gasteiger partial charge is 0.573 e. The van der Waals surface area contributed by atoms with Gasteiger partial charge in [-0.1, -0.05) is 0 Å². The standard InChI is InChI=1S/C15H18F3N3O3/c16-15(17,18)24-13-3-1-12(2-4-13)19-14(23)11-21-7-5-20(6-8-21)9-10-22/h1-4,10H,5-9,11H2,(H,19,23). The quantitative estimate of drug-likeness (QED) is 0.789. The van der Waals surface area contributed by atoms with Gasteiger partial charge in [0.15, 0.2) is 0 Å². The number of carbonyl (C=O) groups is 2. The Hall–Kier alpha value is -2.13. The lowest BCUT2D eigenvalue weighted by Crippen LogP contribution is -2.48. The monoisotopic (exact) mass is 345 g/mol. The van der Waals surface area contributed by atoms with Crippen molar-refractivity contribution in [2.24, 2.45) is 0 Å². The molecular formula is C15H18F3N3O3. The number of rotatable bonds is 6. The number of hydrogen-bond donors (Lipinski definition) is 1. The van der Waals surface area contributed by atoms with Crippen LogP contribution in [-0.2, 0) is 9.59 Å². The van der Waals surface area contributed by atoms with Gasteiger partial charge >= 0.3 is 6.36 Å². The van der Waals surface area contributed by atoms with Crippen molar-refractivity contribution >= 4 is 17.9 Å². The minimum atomic E-state index is -4.74. The molecule has 1 aromatic carbocycles. The summed E-state index contributed by atoms with van der Waals surface area (Å²) in [5.74, 6) is -0.588. The van der Waals surface area contributed by atoms with Crippen molar-refractivity contribution in [2.75, 3.05) is 44.6 Å². The fourth-order valence-electron chi connectivity index (χ4n) is 2.38. The summed E-state index contributed by atoms with van der Waals surface area (Å²) >= 11 is 0. The van der Waals surface area contributed by atoms with E-state index in [1.54, 1.807) is 0 Å². The SMILES string of the molecule is O=CCN1CCN(CC(=O)Nc2ccc(OC(F)(F)F)cc2)CC1. The third-order valence-corrected chi connectivity index (χ3v) is 3.54. The van der Waals surface area contributed by atoms with Crippen LogP contribution in [0.25, 0.3) is 0 Å². The van der Waals surface area contributed by atoms with Crippen LogP contribution in [0.2, 0.25) is 0 Å². The molecule has 1 saturated heterocycles. The molecule has 24 heavy (non-hydrogen) atoms. The second-order valence-corrected chi connectivity index (χ2v) is 5.36. The van der Waals surface area contributed by atoms with E-state index in [1.807, 2.05) is 9.80 Å². The van der Waals surface area contributed by atoms with Crippen LogP contribution in [0.3, 0.4) is 0 Å². The lowest BCUT2D eigenvalue weighted by atomic mass is 10.3. The highest BCUT2D eigenvalue weighted by atomic mass is 19.4. The Balaban J connectivity index is 1.77. The van der Waals surface area contributed by atoms with Crippen LogP contribution < -0.4 is 10.1 Å². The third kappa shape index (κ3) is 6.17. The van der Waals surface area contributed by atoms with Gasteiger partial charge in [-0.05, 0) is 24.3 Å². The Bertz CT molecular complexity index is 555. The Labute approximate surface area is 137 Å². The highest BCUT2D eigenvalue weighted by molar-refractivity contribution is 5.92. The maximum Gasteiger partial charge on any atom is 0.573 e. The fourth-order valence-corrected chi connectivity index (χ4v) is 2.38. The summed E-state index contributed by atoms with van der Waals surface area (Å²) in [6, 6.07) is 4.98. The highest BCUT2D eigenvalue weighted by Gasteiger charge is 2.31. The second kappa shape index (κ2) is 8.11. The zero-order chi connectivity index (χ0) is 17.6. The van der Waals surface area contributed by atoms with E-state index in [4.69, 9.17) is 0 Å². The molecule has 0 saturated carbocycles. The van der Waals surface area contributed by atoms with Crippen molar-refractivity contribution in [3.63, 3.8) is 0 Å². The molecule has 1 aliphatic rings. The summed E-state index contributed by atoms with van der Waals surface area (Å²) in [5.41, 5.74) is 0.397. The number of benzene rings is 1. The molecule has 1 aromatic rings. The van der Waals surface area contributed by atoms with Gasteiger partial charge in [-0.3, -0.25) is 14.6 Å². The molecule has 0 spiro atoms. The number of nitrogens with one attached hydrogen (secondary N) is 1. The summed E-state index contributed by atoms with van der Waals surface area (Å²) < 4.78 is 40.0. The fraction of sp³-hybridized carbons (Fsp3) is 0.467. The molecule has 0 unspecified atom stereocenters. The van der Waals surface area contributed by atoms with E-state index < -0.39 is 6.36 Å². The molecule has 0 bridgehead atoms. The zero-order valence-corrected chi connectivity index (χ0v) is 12.9. The highest BCUT2D eigenvalue weighted by Crippen LogP contribution is 2.23. The second-order valence-electron chi connectivity index (χ2n) is 5.36. The number of amides is 1. The normalized spacial score (nSPS) is 16.6. The maximum absolute atomic E-state index is 12.1. The first kappa shape index (κ1) is 18.2. The summed E-state index contributed by atoms with van der Waals surface area (Å²) in [5, 5.41) is 2.63. The van der Waals surface area contributed by atoms with Crippen LogP contribution in [0.15, 0.2) is 24.3 Å². The molecule has 2 rings (SSSR count). The molecular weight excluding hydrogens is 327 g/mol. The van der Waals surface area contributed by atoms with Crippen molar-refractivity contribution in [3.05, 3.63) is 24.3 Å². The number of hydrogen-bond acceptors (Lipinski definition) is 5. The number of halogens is 3. The van der Waals surface area contributed by atoms with E-state index in [0.29, 0.717) is 25.3 Å². The van der Waals surface area contributed by atoms with E-state index in [2.05, 4.69) is 10.1 Å². The van der Waals surface area contributed by atoms with Crippen LogP contribution in [0.4, 0.5) is 18.9 Å². The van der Waals surface area contributed by atoms with Crippen LogP contribution in [-0.4, -0.2) is 67.6 Å². The van der Waals surface area contributed by atoms with Crippen LogP contribution in [0.1, 0.15) is 0 Å². The van der Waals surface area contributed by atoms with Gasteiger partial charge in [0.25, 0.3) is 0 Å². The van der Waals surface area contributed by atoms with E-state index in [-0.39, 0.29) is 18.2 Å². The number of aldehydes is 1. The van der Waals surface area contributed by atoms with Crippen molar-refractivity contribution in [3.8, 4) is 5.75 Å². The molecule has 132 valence electrons. The zero-order valence-electron chi connectivity index (χ0n) is 12.9. The van der Waals surface area contributed by atoms with E-state index >= 15 is 0 Å². The summed E-state index contributed by atoms with van der Waals surface area (Å²) in [4.78, 5) is 26.4. The molecule has 1 heterocycles. The third-order valence-electron chi connectivity index (χ3n) is 3.54. The Morgan fingerprint density at radius 3 is 2.25 bits per heavy atom. The Morgan fingerprint density at radius 2 is 1.71 bits per heavy atom. The summed E-state index contributed by atoms with van der Waals surface area (Å²) in [6.45, 7) is 3.38. The maximum atomic E-state index is 12.1. The van der Waals surface area contributed by atoms with E-state index in [9.17, 15) is 22.8 Å². The van der Waals surface area contributed by atoms with Gasteiger partial charge in [-0.2, -0.15) is 0 Å². The van der Waals surface area contributed by atoms with Crippen molar-refractivity contribution in [1.29, 1.82) is 0 Å². The number of nitrogens with zero attached hydrogens (tertiary/aromatic N) is 2. The number of anilines is 1. The Kier molecular flexibility index (Phi) is 6.16. The summed E-state index contributed by atoms with van der Waals surface area (Å²) in [7, 11) is 0. The number of carbonyl (C=O) groups excluding carboxylic acids is 2. The van der Waals surface area contributed by atoms with Crippen molar-refractivity contribution in [1.82, 2.24) is 9.80 Å². The predicted molar refractivity (Wildman–Crippen MR) is 80.7 cm³/mol. The lowest BCUT2D eigenvalue weighted by molar-refractivity contribution is -0.274. The molecule has 1 N–H and O–H groups in total. The van der Waals surface area contributed by atoms with Gasteiger partial charge in [-0.15, -0.1) is 13.2 Å². The molecule has 0 atom stereocenters. The molecule has 0 aromatic heterocycles. The Morgan fingerprint density at radius 1 is 1.12 bits per heavy atom. The molecule has 0 radical (unpaired) electrons. The molecule has 1 aliphatic heterocycles. The van der Waals surface area contributed by atoms with Crippen LogP contribution >= 0.6 is 0 Å². The van der Waals surface area contributed by atoms with E-state index in [1.165, 1.54) is 12.1 Å². The summed E-state index contributed by atoms with van der Waals surface area (Å²) in [6.07, 6.45) is -3.88. The molecule has 1 fully saturated rings. The van der Waals surface area contributed by atoms with Gasteiger partial charge in [0.1, 0.15) is 12.0 Å². The first-order valence-electron chi connectivity index (χ1n) is 7.40. The number of alkyl halides is 3. The van der Waals surface area contributed by atoms with Gasteiger partial charge in [0, 0.05) is 31.9 Å². The average Bonchev–Trinajstić information content (AvgIpc) is 2.50. The minimum absolute atomic E-state index is 0.190. The topological polar surface area (TPSA) is 61.9 Å². The van der Waals surface area contributed by atoms with Crippen LogP contribution in [0.5, 0.6) is 5.75 Å². The van der Waals surface area contributed by atoms with Crippen molar-refractivity contribution < 1.29 is 27.5 Å². The van der Waals surface area contributed by atoms with Gasteiger partial charge in [-0.25, -0.2) is 0 Å². The first-order chi connectivity index (χ1) is 11.4. The van der Waals surface area contributed by atoms with Crippen LogP contribution in [0, 0.1) is 0 Å². The van der Waals surface area contributed by atoms with E-state index in [0.717, 1.165) is 31.5 Å². The predicted octanol–water partition coefficient (Wildman–Crippen LogP) is 1.34. The van der Waals surface area contributed by atoms with Gasteiger partial charge in [0.05, 0.1) is 13.1 Å². The lowest BCUT2D eigenvalue weighted by Gasteiger charge is -2.33. The molecule has 6 nitrogen and oxygen atoms in total. The molecule has 1 amide bonds. The smallest absolute Gasteiger partial charge is 0.406 e. The number of ether oxygens (including phenoxy) is 1.